The lowest BCUT2D eigenvalue weighted by atomic mass is 10.1. The van der Waals surface area contributed by atoms with E-state index in [4.69, 9.17) is 0 Å². The van der Waals surface area contributed by atoms with E-state index >= 15 is 0 Å². The molecule has 0 aliphatic heterocycles. The van der Waals surface area contributed by atoms with Crippen LogP contribution in [0.3, 0.4) is 0 Å². The Balaban J connectivity index is 1.71. The molecule has 7 heteroatoms. The number of carbonyl (C=O) groups excluding carboxylic acids is 1. The average Bonchev–Trinajstić information content (AvgIpc) is 2.93. The molecule has 0 saturated heterocycles. The van der Waals surface area contributed by atoms with Gasteiger partial charge in [0.05, 0.1) is 10.9 Å². The molecule has 2 aromatic rings. The molecule has 2 aromatic carbocycles. The van der Waals surface area contributed by atoms with Crippen LogP contribution >= 0.6 is 0 Å². The molecule has 1 N–H and O–H groups in total. The third kappa shape index (κ3) is 3.36. The Morgan fingerprint density at radius 2 is 1.92 bits per heavy atom. The second-order valence-corrected chi connectivity index (χ2v) is 7.16. The fourth-order valence-electron chi connectivity index (χ4n) is 2.86. The zero-order chi connectivity index (χ0) is 17.3. The summed E-state index contributed by atoms with van der Waals surface area (Å²) in [5.74, 6) is -2.95. The van der Waals surface area contributed by atoms with E-state index in [1.165, 1.54) is 24.3 Å². The van der Waals surface area contributed by atoms with Crippen molar-refractivity contribution >= 4 is 22.4 Å². The fraction of sp³-hybridized carbons (Fsp3) is 0.235. The van der Waals surface area contributed by atoms with Gasteiger partial charge in [0, 0.05) is 16.9 Å². The Hall–Kier alpha value is -2.15. The highest BCUT2D eigenvalue weighted by Gasteiger charge is 2.31. The summed E-state index contributed by atoms with van der Waals surface area (Å²) in [5.41, 5.74) is 0.706. The standard InChI is InChI=1S/C17H14F3NO2S/c18-10-7-12-11(14(20)8-10)5-6-16(12)24(23)9-17(22)21-15-4-2-1-3-13(15)19/h1-4,7-8,16H,5-6,9H2,(H,21,22)/t16-,24-/m1/s1. The van der Waals surface area contributed by atoms with Crippen molar-refractivity contribution < 1.29 is 22.2 Å². The van der Waals surface area contributed by atoms with E-state index in [0.29, 0.717) is 24.0 Å². The molecule has 0 heterocycles. The van der Waals surface area contributed by atoms with Gasteiger partial charge in [-0.25, -0.2) is 13.2 Å². The number of fused-ring (bicyclic) bond motifs is 1. The van der Waals surface area contributed by atoms with Gasteiger partial charge in [0.2, 0.25) is 5.91 Å². The van der Waals surface area contributed by atoms with Crippen LogP contribution in [-0.2, 0) is 22.0 Å². The second kappa shape index (κ2) is 6.76. The molecule has 0 saturated carbocycles. The topological polar surface area (TPSA) is 46.2 Å². The van der Waals surface area contributed by atoms with Crippen LogP contribution in [0.25, 0.3) is 0 Å². The van der Waals surface area contributed by atoms with Crippen molar-refractivity contribution in [3.05, 3.63) is 65.0 Å². The van der Waals surface area contributed by atoms with Gasteiger partial charge in [-0.3, -0.25) is 9.00 Å². The highest BCUT2D eigenvalue weighted by molar-refractivity contribution is 7.86. The summed E-state index contributed by atoms with van der Waals surface area (Å²) in [4.78, 5) is 12.0. The normalized spacial score (nSPS) is 17.4. The summed E-state index contributed by atoms with van der Waals surface area (Å²) in [7, 11) is -1.65. The number of anilines is 1. The van der Waals surface area contributed by atoms with Crippen molar-refractivity contribution in [3.63, 3.8) is 0 Å². The lowest BCUT2D eigenvalue weighted by Crippen LogP contribution is -2.22. The molecular weight excluding hydrogens is 339 g/mol. The van der Waals surface area contributed by atoms with E-state index in [9.17, 15) is 22.2 Å². The van der Waals surface area contributed by atoms with Crippen molar-refractivity contribution in [1.29, 1.82) is 0 Å². The first-order valence-corrected chi connectivity index (χ1v) is 8.73. The Kier molecular flexibility index (Phi) is 4.71. The van der Waals surface area contributed by atoms with Crippen LogP contribution in [0.15, 0.2) is 36.4 Å². The molecule has 2 atom stereocenters. The molecule has 126 valence electrons. The van der Waals surface area contributed by atoms with Gasteiger partial charge in [-0.1, -0.05) is 12.1 Å². The quantitative estimate of drug-likeness (QED) is 0.915. The van der Waals surface area contributed by atoms with Crippen LogP contribution in [0.2, 0.25) is 0 Å². The molecule has 0 unspecified atom stereocenters. The molecule has 0 fully saturated rings. The van der Waals surface area contributed by atoms with Crippen LogP contribution < -0.4 is 5.32 Å². The van der Waals surface area contributed by atoms with Crippen molar-refractivity contribution in [2.75, 3.05) is 11.1 Å². The monoisotopic (exact) mass is 353 g/mol. The molecule has 0 radical (unpaired) electrons. The summed E-state index contributed by atoms with van der Waals surface area (Å²) in [5, 5.41) is 1.76. The number of para-hydroxylation sites is 1. The van der Waals surface area contributed by atoms with E-state index in [1.54, 1.807) is 6.07 Å². The van der Waals surface area contributed by atoms with Gasteiger partial charge in [0.15, 0.2) is 0 Å². The highest BCUT2D eigenvalue weighted by atomic mass is 32.2. The Bertz CT molecular complexity index is 825. The molecule has 0 spiro atoms. The van der Waals surface area contributed by atoms with Gasteiger partial charge in [-0.2, -0.15) is 0 Å². The van der Waals surface area contributed by atoms with Crippen molar-refractivity contribution in [2.45, 2.75) is 18.1 Å². The van der Waals surface area contributed by atoms with E-state index in [0.717, 1.165) is 6.07 Å². The Morgan fingerprint density at radius 3 is 2.67 bits per heavy atom. The third-order valence-corrected chi connectivity index (χ3v) is 5.61. The fourth-order valence-corrected chi connectivity index (χ4v) is 4.26. The summed E-state index contributed by atoms with van der Waals surface area (Å²) in [6.07, 6.45) is 0.738. The number of rotatable bonds is 4. The molecule has 3 nitrogen and oxygen atoms in total. The average molecular weight is 353 g/mol. The van der Waals surface area contributed by atoms with Crippen LogP contribution in [0.1, 0.15) is 22.8 Å². The number of halogens is 3. The maximum absolute atomic E-state index is 13.7. The largest absolute Gasteiger partial charge is 0.323 e. The summed E-state index contributed by atoms with van der Waals surface area (Å²) in [6.45, 7) is 0. The zero-order valence-corrected chi connectivity index (χ0v) is 13.3. The maximum Gasteiger partial charge on any atom is 0.237 e. The predicted molar refractivity (Wildman–Crippen MR) is 85.5 cm³/mol. The first kappa shape index (κ1) is 16.7. The molecule has 24 heavy (non-hydrogen) atoms. The number of benzene rings is 2. The molecule has 0 bridgehead atoms. The van der Waals surface area contributed by atoms with Gasteiger partial charge >= 0.3 is 0 Å². The highest BCUT2D eigenvalue weighted by Crippen LogP contribution is 2.37. The van der Waals surface area contributed by atoms with E-state index in [2.05, 4.69) is 5.32 Å². The first-order chi connectivity index (χ1) is 11.5. The molecule has 3 rings (SSSR count). The van der Waals surface area contributed by atoms with Crippen molar-refractivity contribution in [1.82, 2.24) is 0 Å². The van der Waals surface area contributed by atoms with Crippen molar-refractivity contribution in [2.24, 2.45) is 0 Å². The smallest absolute Gasteiger partial charge is 0.237 e. The summed E-state index contributed by atoms with van der Waals surface area (Å²) >= 11 is 0. The van der Waals surface area contributed by atoms with Crippen LogP contribution in [-0.4, -0.2) is 15.9 Å². The second-order valence-electron chi connectivity index (χ2n) is 5.54. The number of carbonyl (C=O) groups is 1. The minimum atomic E-state index is -1.65. The Labute approximate surface area is 139 Å². The zero-order valence-electron chi connectivity index (χ0n) is 12.5. The van der Waals surface area contributed by atoms with Gasteiger partial charge in [0.25, 0.3) is 0 Å². The molecule has 1 aliphatic rings. The lowest BCUT2D eigenvalue weighted by Gasteiger charge is -2.12. The molecular formula is C17H14F3NO2S. The SMILES string of the molecule is O=C(C[S@@](=O)[C@@H]1CCc2c(F)cc(F)cc21)Nc1ccccc1F. The van der Waals surface area contributed by atoms with Crippen LogP contribution in [0, 0.1) is 17.5 Å². The number of amides is 1. The third-order valence-electron chi connectivity index (χ3n) is 3.94. The van der Waals surface area contributed by atoms with Gasteiger partial charge in [0.1, 0.15) is 23.2 Å². The lowest BCUT2D eigenvalue weighted by molar-refractivity contribution is -0.113. The minimum absolute atomic E-state index is 0.00316. The molecule has 1 aliphatic carbocycles. The van der Waals surface area contributed by atoms with Crippen molar-refractivity contribution in [3.8, 4) is 0 Å². The Morgan fingerprint density at radius 1 is 1.17 bits per heavy atom. The van der Waals surface area contributed by atoms with E-state index < -0.39 is 39.4 Å². The molecule has 0 aromatic heterocycles. The number of hydrogen-bond acceptors (Lipinski definition) is 2. The first-order valence-electron chi connectivity index (χ1n) is 7.35. The number of nitrogens with one attached hydrogen (secondary N) is 1. The summed E-state index contributed by atoms with van der Waals surface area (Å²) in [6, 6.07) is 7.62. The van der Waals surface area contributed by atoms with Crippen LogP contribution in [0.5, 0.6) is 0 Å². The van der Waals surface area contributed by atoms with Crippen LogP contribution in [0.4, 0.5) is 18.9 Å². The minimum Gasteiger partial charge on any atom is -0.323 e. The molecule has 1 amide bonds. The van der Waals surface area contributed by atoms with E-state index in [1.807, 2.05) is 0 Å². The predicted octanol–water partition coefficient (Wildman–Crippen LogP) is 3.48. The van der Waals surface area contributed by atoms with Gasteiger partial charge in [-0.15, -0.1) is 0 Å². The van der Waals surface area contributed by atoms with E-state index in [-0.39, 0.29) is 11.4 Å². The van der Waals surface area contributed by atoms with Gasteiger partial charge in [-0.05, 0) is 42.2 Å². The maximum atomic E-state index is 13.7. The number of hydrogen-bond donors (Lipinski definition) is 1. The summed E-state index contributed by atoms with van der Waals surface area (Å²) < 4.78 is 53.0. The van der Waals surface area contributed by atoms with Gasteiger partial charge < -0.3 is 5.32 Å².